The van der Waals surface area contributed by atoms with Gasteiger partial charge in [-0.1, -0.05) is 6.07 Å². The highest BCUT2D eigenvalue weighted by Gasteiger charge is 2.40. The van der Waals surface area contributed by atoms with E-state index in [0.717, 1.165) is 17.7 Å². The summed E-state index contributed by atoms with van der Waals surface area (Å²) >= 11 is 0. The summed E-state index contributed by atoms with van der Waals surface area (Å²) in [5, 5.41) is 9.41. The van der Waals surface area contributed by atoms with E-state index in [1.54, 1.807) is 19.9 Å². The molecule has 0 aliphatic carbocycles. The number of likely N-dealkylation sites (tertiary alicyclic amines) is 1. The maximum Gasteiger partial charge on any atom is 0.416 e. The number of aliphatic carboxylic acids is 1. The van der Waals surface area contributed by atoms with Crippen LogP contribution in [0.1, 0.15) is 37.0 Å². The van der Waals surface area contributed by atoms with Crippen molar-refractivity contribution in [2.24, 2.45) is 5.41 Å². The Bertz CT molecular complexity index is 1180. The molecule has 2 aromatic rings. The fourth-order valence-corrected chi connectivity index (χ4v) is 4.44. The van der Waals surface area contributed by atoms with Gasteiger partial charge in [0, 0.05) is 30.8 Å². The molecule has 2 aliphatic rings. The van der Waals surface area contributed by atoms with Crippen molar-refractivity contribution < 1.29 is 41.7 Å². The number of nitrogens with zero attached hydrogens (tertiary/aromatic N) is 1. The minimum atomic E-state index is -4.60. The first kappa shape index (κ1) is 25.8. The van der Waals surface area contributed by atoms with Crippen LogP contribution in [-0.2, 0) is 17.6 Å². The van der Waals surface area contributed by atoms with E-state index in [2.05, 4.69) is 0 Å². The molecular formula is C26H27F4NO5. The summed E-state index contributed by atoms with van der Waals surface area (Å²) in [5.41, 5.74) is -0.765. The van der Waals surface area contributed by atoms with E-state index in [-0.39, 0.29) is 41.6 Å². The van der Waals surface area contributed by atoms with Gasteiger partial charge in [0.1, 0.15) is 36.3 Å². The van der Waals surface area contributed by atoms with Crippen molar-refractivity contribution in [3.05, 3.63) is 58.4 Å². The number of carbonyl (C=O) groups is 1. The van der Waals surface area contributed by atoms with E-state index >= 15 is 0 Å². The standard InChI is InChI=1S/C26H27F4NO5/c1-3-34-18-5-4-17(21(9-18)26(28,29)30)14-35-19-10-22(27)20-8-16(13-36-23(20)11-19)12-31-7-6-25(2,15-31)24(32)33/h4-5,8-11H,3,6-7,12-15H2,1-2H3,(H,32,33). The highest BCUT2D eigenvalue weighted by Crippen LogP contribution is 2.37. The van der Waals surface area contributed by atoms with Crippen LogP contribution in [0, 0.1) is 11.2 Å². The fraction of sp³-hybridized carbons (Fsp3) is 0.423. The maximum atomic E-state index is 14.9. The summed E-state index contributed by atoms with van der Waals surface area (Å²) in [6.07, 6.45) is -2.40. The molecule has 2 aliphatic heterocycles. The number of rotatable bonds is 8. The molecular weight excluding hydrogens is 482 g/mol. The van der Waals surface area contributed by atoms with Gasteiger partial charge in [-0.2, -0.15) is 13.2 Å². The van der Waals surface area contributed by atoms with Gasteiger partial charge in [-0.3, -0.25) is 9.69 Å². The van der Waals surface area contributed by atoms with Crippen molar-refractivity contribution in [1.82, 2.24) is 4.90 Å². The number of hydrogen-bond donors (Lipinski definition) is 1. The lowest BCUT2D eigenvalue weighted by Crippen LogP contribution is -2.33. The minimum absolute atomic E-state index is 0.0434. The summed E-state index contributed by atoms with van der Waals surface area (Å²) < 4.78 is 71.8. The molecule has 0 bridgehead atoms. The second kappa shape index (κ2) is 10.0. The van der Waals surface area contributed by atoms with Crippen molar-refractivity contribution in [3.63, 3.8) is 0 Å². The van der Waals surface area contributed by atoms with Gasteiger partial charge in [0.05, 0.1) is 23.1 Å². The van der Waals surface area contributed by atoms with Crippen LogP contribution >= 0.6 is 0 Å². The van der Waals surface area contributed by atoms with Crippen LogP contribution in [0.4, 0.5) is 17.6 Å². The highest BCUT2D eigenvalue weighted by molar-refractivity contribution is 5.75. The second-order valence-electron chi connectivity index (χ2n) is 9.27. The number of benzene rings is 2. The number of halogens is 4. The van der Waals surface area contributed by atoms with Crippen molar-refractivity contribution >= 4 is 12.0 Å². The average Bonchev–Trinajstić information content (AvgIpc) is 3.20. The van der Waals surface area contributed by atoms with Gasteiger partial charge < -0.3 is 19.3 Å². The molecule has 0 amide bonds. The molecule has 1 atom stereocenters. The van der Waals surface area contributed by atoms with Crippen molar-refractivity contribution in [1.29, 1.82) is 0 Å². The van der Waals surface area contributed by atoms with Gasteiger partial charge in [0.2, 0.25) is 0 Å². The van der Waals surface area contributed by atoms with Crippen molar-refractivity contribution in [2.45, 2.75) is 33.1 Å². The maximum absolute atomic E-state index is 14.9. The van der Waals surface area contributed by atoms with E-state index in [1.165, 1.54) is 18.2 Å². The molecule has 1 saturated heterocycles. The van der Waals surface area contributed by atoms with Gasteiger partial charge in [-0.05, 0) is 50.6 Å². The molecule has 2 heterocycles. The lowest BCUT2D eigenvalue weighted by atomic mass is 9.90. The van der Waals surface area contributed by atoms with Crippen LogP contribution in [0.25, 0.3) is 6.08 Å². The van der Waals surface area contributed by atoms with E-state index in [4.69, 9.17) is 14.2 Å². The summed E-state index contributed by atoms with van der Waals surface area (Å²) in [7, 11) is 0. The Morgan fingerprint density at radius 1 is 1.19 bits per heavy atom. The first-order valence-electron chi connectivity index (χ1n) is 11.6. The molecule has 1 N–H and O–H groups in total. The smallest absolute Gasteiger partial charge is 0.416 e. The normalized spacial score (nSPS) is 19.9. The second-order valence-corrected chi connectivity index (χ2v) is 9.27. The minimum Gasteiger partial charge on any atom is -0.494 e. The molecule has 2 aromatic carbocycles. The summed E-state index contributed by atoms with van der Waals surface area (Å²) in [5.74, 6) is -1.09. The lowest BCUT2D eigenvalue weighted by molar-refractivity contribution is -0.147. The molecule has 194 valence electrons. The van der Waals surface area contributed by atoms with Crippen LogP contribution < -0.4 is 14.2 Å². The van der Waals surface area contributed by atoms with Crippen molar-refractivity contribution in [2.75, 3.05) is 32.8 Å². The van der Waals surface area contributed by atoms with Gasteiger partial charge in [0.25, 0.3) is 0 Å². The molecule has 0 radical (unpaired) electrons. The number of carboxylic acid groups (broad SMARTS) is 1. The molecule has 1 unspecified atom stereocenters. The van der Waals surface area contributed by atoms with Crippen molar-refractivity contribution in [3.8, 4) is 17.2 Å². The predicted octanol–water partition coefficient (Wildman–Crippen LogP) is 5.39. The molecule has 0 spiro atoms. The van der Waals surface area contributed by atoms with Crippen LogP contribution in [0.3, 0.4) is 0 Å². The van der Waals surface area contributed by atoms with Gasteiger partial charge >= 0.3 is 12.1 Å². The SMILES string of the molecule is CCOc1ccc(COc2cc(F)c3c(c2)OCC(CN2CCC(C)(C(=O)O)C2)=C3)c(C(F)(F)F)c1. The molecule has 0 saturated carbocycles. The zero-order valence-electron chi connectivity index (χ0n) is 20.0. The van der Waals surface area contributed by atoms with E-state index in [1.807, 2.05) is 4.90 Å². The lowest BCUT2D eigenvalue weighted by Gasteiger charge is -2.24. The quantitative estimate of drug-likeness (QED) is 0.481. The van der Waals surface area contributed by atoms with Crippen LogP contribution in [0.5, 0.6) is 17.2 Å². The average molecular weight is 509 g/mol. The summed E-state index contributed by atoms with van der Waals surface area (Å²) in [4.78, 5) is 13.5. The molecule has 10 heteroatoms. The highest BCUT2D eigenvalue weighted by atomic mass is 19.4. The predicted molar refractivity (Wildman–Crippen MR) is 124 cm³/mol. The van der Waals surface area contributed by atoms with Crippen LogP contribution in [0.15, 0.2) is 35.9 Å². The Hall–Kier alpha value is -3.27. The molecule has 4 rings (SSSR count). The molecule has 36 heavy (non-hydrogen) atoms. The van der Waals surface area contributed by atoms with Crippen LogP contribution in [-0.4, -0.2) is 48.8 Å². The molecule has 1 fully saturated rings. The Morgan fingerprint density at radius 3 is 2.64 bits per heavy atom. The number of hydrogen-bond acceptors (Lipinski definition) is 5. The largest absolute Gasteiger partial charge is 0.494 e. The monoisotopic (exact) mass is 509 g/mol. The molecule has 0 aromatic heterocycles. The van der Waals surface area contributed by atoms with Gasteiger partial charge in [-0.25, -0.2) is 4.39 Å². The zero-order valence-corrected chi connectivity index (χ0v) is 20.0. The van der Waals surface area contributed by atoms with E-state index in [0.29, 0.717) is 26.1 Å². The third-order valence-corrected chi connectivity index (χ3v) is 6.41. The first-order valence-corrected chi connectivity index (χ1v) is 11.6. The number of ether oxygens (including phenoxy) is 3. The number of carboxylic acids is 1. The molecule has 6 nitrogen and oxygen atoms in total. The van der Waals surface area contributed by atoms with E-state index < -0.39 is 35.5 Å². The Morgan fingerprint density at radius 2 is 1.97 bits per heavy atom. The Kier molecular flexibility index (Phi) is 7.17. The topological polar surface area (TPSA) is 68.2 Å². The van der Waals surface area contributed by atoms with Crippen LogP contribution in [0.2, 0.25) is 0 Å². The summed E-state index contributed by atoms with van der Waals surface area (Å²) in [6.45, 7) is 4.86. The first-order chi connectivity index (χ1) is 17.0. The Balaban J connectivity index is 1.47. The Labute approximate surface area is 206 Å². The number of alkyl halides is 3. The van der Waals surface area contributed by atoms with Gasteiger partial charge in [0.15, 0.2) is 0 Å². The number of fused-ring (bicyclic) bond motifs is 1. The van der Waals surface area contributed by atoms with E-state index in [9.17, 15) is 27.5 Å². The van der Waals surface area contributed by atoms with Gasteiger partial charge in [-0.15, -0.1) is 0 Å². The summed E-state index contributed by atoms with van der Waals surface area (Å²) in [6, 6.07) is 6.19. The fourth-order valence-electron chi connectivity index (χ4n) is 4.44. The third kappa shape index (κ3) is 5.59. The third-order valence-electron chi connectivity index (χ3n) is 6.41. The zero-order chi connectivity index (χ0) is 26.1.